The second kappa shape index (κ2) is 77.0. The first kappa shape index (κ1) is 104. The Kier molecular flexibility index (Phi) is 75.6. The molecule has 0 fully saturated rings. The molecule has 0 radical (unpaired) electrons. The van der Waals surface area contributed by atoms with Crippen LogP contribution in [0.5, 0.6) is 0 Å². The molecule has 0 aliphatic rings. The molecular weight excluding hydrogens is 1380 g/mol. The van der Waals surface area contributed by atoms with Crippen molar-refractivity contribution in [1.29, 1.82) is 0 Å². The van der Waals surface area contributed by atoms with Gasteiger partial charge in [-0.1, -0.05) is 408 Å². The van der Waals surface area contributed by atoms with Crippen LogP contribution in [-0.4, -0.2) is 96.7 Å². The second-order valence-electron chi connectivity index (χ2n) is 32.7. The van der Waals surface area contributed by atoms with Crippen molar-refractivity contribution >= 4 is 39.5 Å². The standard InChI is InChI=1S/C87H170O17P2/c1-8-9-10-11-12-13-14-15-16-17-18-19-23-29-34-39-47-54-61-68-84(89)97-74-82(103-86(91)70-63-56-49-40-35-30-24-21-20-22-27-32-37-44-51-58-65-78(2)3)76-101-105(93,94)99-72-81(88)73-100-106(95,96)102-77-83(75-98-85(90)69-62-55-48-43-42-46-53-60-67-80(6)7)104-87(92)71-64-57-50-41-36-31-26-25-28-33-38-45-52-59-66-79(4)5/h78-83,88H,8-77H2,1-7H3,(H,93,94)(H,95,96)/t81-,82-,83-/m1/s1. The van der Waals surface area contributed by atoms with Crippen molar-refractivity contribution in [3.63, 3.8) is 0 Å². The zero-order valence-corrected chi connectivity index (χ0v) is 71.7. The maximum absolute atomic E-state index is 13.2. The fraction of sp³-hybridized carbons (Fsp3) is 0.954. The van der Waals surface area contributed by atoms with E-state index in [1.54, 1.807) is 0 Å². The number of hydrogen-bond donors (Lipinski definition) is 3. The number of phosphoric acid groups is 2. The van der Waals surface area contributed by atoms with Crippen LogP contribution >= 0.6 is 15.6 Å². The van der Waals surface area contributed by atoms with E-state index >= 15 is 0 Å². The van der Waals surface area contributed by atoms with Gasteiger partial charge in [-0.15, -0.1) is 0 Å². The van der Waals surface area contributed by atoms with Crippen LogP contribution in [0.3, 0.4) is 0 Å². The summed E-state index contributed by atoms with van der Waals surface area (Å²) in [4.78, 5) is 73.3. The summed E-state index contributed by atoms with van der Waals surface area (Å²) in [6.45, 7) is 12.0. The number of unbranched alkanes of at least 4 members (excludes halogenated alkanes) is 53. The molecule has 0 aliphatic heterocycles. The number of hydrogen-bond acceptors (Lipinski definition) is 15. The molecule has 630 valence electrons. The normalized spacial score (nSPS) is 13.9. The van der Waals surface area contributed by atoms with Gasteiger partial charge in [0.2, 0.25) is 0 Å². The van der Waals surface area contributed by atoms with Crippen LogP contribution in [-0.2, 0) is 65.4 Å². The average molecular weight is 1550 g/mol. The lowest BCUT2D eigenvalue weighted by Gasteiger charge is -2.21. The van der Waals surface area contributed by atoms with E-state index in [0.29, 0.717) is 25.7 Å². The number of aliphatic hydroxyl groups excluding tert-OH is 1. The topological polar surface area (TPSA) is 237 Å². The summed E-state index contributed by atoms with van der Waals surface area (Å²) in [6.07, 6.45) is 68.1. The first-order chi connectivity index (χ1) is 51.2. The highest BCUT2D eigenvalue weighted by molar-refractivity contribution is 7.47. The Balaban J connectivity index is 5.25. The zero-order valence-electron chi connectivity index (χ0n) is 69.9. The Labute approximate surface area is 651 Å². The van der Waals surface area contributed by atoms with Gasteiger partial charge >= 0.3 is 39.5 Å². The molecule has 0 aromatic rings. The number of aliphatic hydroxyl groups is 1. The zero-order chi connectivity index (χ0) is 77.9. The van der Waals surface area contributed by atoms with Gasteiger partial charge in [0.25, 0.3) is 0 Å². The molecule has 0 bridgehead atoms. The van der Waals surface area contributed by atoms with Crippen LogP contribution in [0.4, 0.5) is 0 Å². The van der Waals surface area contributed by atoms with E-state index < -0.39 is 97.5 Å². The SMILES string of the molecule is CCCCCCCCCCCCCCCCCCCCCC(=O)OC[C@H](COP(=O)(O)OC[C@@H](O)COP(=O)(O)OC[C@@H](COC(=O)CCCCCCCCCCC(C)C)OC(=O)CCCCCCCCCCCCCCCCC(C)C)OC(=O)CCCCCCCCCCCCCCCCCCC(C)C. The van der Waals surface area contributed by atoms with Gasteiger partial charge in [0.1, 0.15) is 19.3 Å². The highest BCUT2D eigenvalue weighted by Crippen LogP contribution is 2.45. The van der Waals surface area contributed by atoms with E-state index in [4.69, 9.17) is 37.0 Å². The molecule has 0 amide bonds. The summed E-state index contributed by atoms with van der Waals surface area (Å²) in [5, 5.41) is 10.7. The van der Waals surface area contributed by atoms with Gasteiger partial charge in [-0.3, -0.25) is 37.3 Å². The molecule has 19 heteroatoms. The average Bonchev–Trinajstić information content (AvgIpc) is 0.901. The predicted octanol–water partition coefficient (Wildman–Crippen LogP) is 26.5. The molecule has 0 aromatic carbocycles. The van der Waals surface area contributed by atoms with E-state index in [-0.39, 0.29) is 25.7 Å². The molecule has 0 spiro atoms. The molecule has 0 aliphatic carbocycles. The molecule has 0 aromatic heterocycles. The van der Waals surface area contributed by atoms with Crippen LogP contribution in [0.2, 0.25) is 0 Å². The molecule has 0 saturated heterocycles. The van der Waals surface area contributed by atoms with Crippen LogP contribution < -0.4 is 0 Å². The molecule has 2 unspecified atom stereocenters. The minimum Gasteiger partial charge on any atom is -0.462 e. The monoisotopic (exact) mass is 1550 g/mol. The lowest BCUT2D eigenvalue weighted by atomic mass is 10.0. The quantitative estimate of drug-likeness (QED) is 0.0222. The van der Waals surface area contributed by atoms with Crippen molar-refractivity contribution in [2.75, 3.05) is 39.6 Å². The maximum atomic E-state index is 13.2. The van der Waals surface area contributed by atoms with Crippen LogP contribution in [0.25, 0.3) is 0 Å². The van der Waals surface area contributed by atoms with Crippen molar-refractivity contribution in [3.05, 3.63) is 0 Å². The third-order valence-corrected chi connectivity index (χ3v) is 22.3. The Morgan fingerprint density at radius 1 is 0.255 bits per heavy atom. The summed E-state index contributed by atoms with van der Waals surface area (Å²) in [6, 6.07) is 0. The van der Waals surface area contributed by atoms with E-state index in [2.05, 4.69) is 48.5 Å². The first-order valence-corrected chi connectivity index (χ1v) is 47.8. The number of phosphoric ester groups is 2. The van der Waals surface area contributed by atoms with Gasteiger partial charge in [-0.2, -0.15) is 0 Å². The van der Waals surface area contributed by atoms with E-state index in [9.17, 15) is 43.2 Å². The molecule has 106 heavy (non-hydrogen) atoms. The Morgan fingerprint density at radius 3 is 0.642 bits per heavy atom. The molecule has 0 rings (SSSR count). The molecular formula is C87H170O17P2. The first-order valence-electron chi connectivity index (χ1n) is 44.8. The largest absolute Gasteiger partial charge is 0.472 e. The van der Waals surface area contributed by atoms with Gasteiger partial charge in [0.05, 0.1) is 26.4 Å². The van der Waals surface area contributed by atoms with Crippen molar-refractivity contribution < 1.29 is 80.2 Å². The van der Waals surface area contributed by atoms with Crippen LogP contribution in [0.1, 0.15) is 459 Å². The van der Waals surface area contributed by atoms with Crippen LogP contribution in [0.15, 0.2) is 0 Å². The highest BCUT2D eigenvalue weighted by atomic mass is 31.2. The van der Waals surface area contributed by atoms with E-state index in [1.807, 2.05) is 0 Å². The summed E-state index contributed by atoms with van der Waals surface area (Å²) >= 11 is 0. The number of esters is 4. The fourth-order valence-electron chi connectivity index (χ4n) is 13.5. The third kappa shape index (κ3) is 80.1. The van der Waals surface area contributed by atoms with Gasteiger partial charge in [0.15, 0.2) is 12.2 Å². The molecule has 3 N–H and O–H groups in total. The molecule has 0 heterocycles. The van der Waals surface area contributed by atoms with Gasteiger partial charge in [0, 0.05) is 25.7 Å². The molecule has 17 nitrogen and oxygen atoms in total. The molecule has 5 atom stereocenters. The maximum Gasteiger partial charge on any atom is 0.472 e. The number of rotatable bonds is 85. The Morgan fingerprint density at radius 2 is 0.434 bits per heavy atom. The van der Waals surface area contributed by atoms with Gasteiger partial charge in [-0.25, -0.2) is 9.13 Å². The third-order valence-electron chi connectivity index (χ3n) is 20.4. The summed E-state index contributed by atoms with van der Waals surface area (Å²) in [5.74, 6) is 0.227. The lowest BCUT2D eigenvalue weighted by Crippen LogP contribution is -2.30. The van der Waals surface area contributed by atoms with Crippen molar-refractivity contribution in [1.82, 2.24) is 0 Å². The fourth-order valence-corrected chi connectivity index (χ4v) is 15.1. The summed E-state index contributed by atoms with van der Waals surface area (Å²) in [5.41, 5.74) is 0. The second-order valence-corrected chi connectivity index (χ2v) is 35.6. The number of carbonyl (C=O) groups excluding carboxylic acids is 4. The number of carbonyl (C=O) groups is 4. The molecule has 0 saturated carbocycles. The smallest absolute Gasteiger partial charge is 0.462 e. The minimum absolute atomic E-state index is 0.107. The van der Waals surface area contributed by atoms with Crippen molar-refractivity contribution in [2.45, 2.75) is 478 Å². The Bertz CT molecular complexity index is 2040. The summed E-state index contributed by atoms with van der Waals surface area (Å²) in [7, 11) is -9.93. The van der Waals surface area contributed by atoms with E-state index in [0.717, 1.165) is 108 Å². The van der Waals surface area contributed by atoms with Crippen molar-refractivity contribution in [3.8, 4) is 0 Å². The Hall–Kier alpha value is -1.94. The summed E-state index contributed by atoms with van der Waals surface area (Å²) < 4.78 is 68.9. The lowest BCUT2D eigenvalue weighted by molar-refractivity contribution is -0.161. The number of ether oxygens (including phenoxy) is 4. The predicted molar refractivity (Wildman–Crippen MR) is 437 cm³/mol. The highest BCUT2D eigenvalue weighted by Gasteiger charge is 2.30. The van der Waals surface area contributed by atoms with Gasteiger partial charge < -0.3 is 33.8 Å². The van der Waals surface area contributed by atoms with Crippen molar-refractivity contribution in [2.24, 2.45) is 17.8 Å². The van der Waals surface area contributed by atoms with Crippen LogP contribution in [0, 0.1) is 17.8 Å². The van der Waals surface area contributed by atoms with E-state index in [1.165, 1.54) is 270 Å². The minimum atomic E-state index is -4.97. The van der Waals surface area contributed by atoms with Gasteiger partial charge in [-0.05, 0) is 43.4 Å².